The summed E-state index contributed by atoms with van der Waals surface area (Å²) in [6.45, 7) is 1.93. The maximum absolute atomic E-state index is 13.2. The highest BCUT2D eigenvalue weighted by Crippen LogP contribution is 2.26. The number of rotatable bonds is 4. The van der Waals surface area contributed by atoms with Crippen molar-refractivity contribution in [2.24, 2.45) is 5.73 Å². The topological polar surface area (TPSA) is 49.8 Å². The zero-order valence-corrected chi connectivity index (χ0v) is 12.0. The predicted octanol–water partition coefficient (Wildman–Crippen LogP) is 4.01. The summed E-state index contributed by atoms with van der Waals surface area (Å²) < 4.78 is 13.2. The standard InChI is InChI=1S/C16H15FN2S/c1-11(19)12-3-2-4-16(8-12)20-10-14-7-15(17)6-5-13(14)9-18/h2-8,11H,10,19H2,1H3. The lowest BCUT2D eigenvalue weighted by molar-refractivity contribution is 0.626. The summed E-state index contributed by atoms with van der Waals surface area (Å²) >= 11 is 1.57. The van der Waals surface area contributed by atoms with Crippen molar-refractivity contribution in [1.29, 1.82) is 5.26 Å². The van der Waals surface area contributed by atoms with Crippen LogP contribution in [0.5, 0.6) is 0 Å². The summed E-state index contributed by atoms with van der Waals surface area (Å²) in [5.74, 6) is 0.243. The summed E-state index contributed by atoms with van der Waals surface area (Å²) in [7, 11) is 0. The van der Waals surface area contributed by atoms with Gasteiger partial charge in [0.1, 0.15) is 5.82 Å². The number of halogens is 1. The number of thioether (sulfide) groups is 1. The van der Waals surface area contributed by atoms with Gasteiger partial charge in [0.2, 0.25) is 0 Å². The number of hydrogen-bond donors (Lipinski definition) is 1. The molecule has 0 spiro atoms. The maximum atomic E-state index is 13.2. The molecule has 0 heterocycles. The summed E-state index contributed by atoms with van der Waals surface area (Å²) in [6, 6.07) is 14.3. The monoisotopic (exact) mass is 286 g/mol. The minimum Gasteiger partial charge on any atom is -0.324 e. The van der Waals surface area contributed by atoms with E-state index in [-0.39, 0.29) is 11.9 Å². The second kappa shape index (κ2) is 6.56. The molecule has 2 nitrogen and oxygen atoms in total. The third kappa shape index (κ3) is 3.60. The molecular formula is C16H15FN2S. The Bertz CT molecular complexity index is 647. The van der Waals surface area contributed by atoms with Crippen LogP contribution in [0.4, 0.5) is 4.39 Å². The highest BCUT2D eigenvalue weighted by Gasteiger charge is 2.06. The average molecular weight is 286 g/mol. The van der Waals surface area contributed by atoms with Crippen LogP contribution in [0.2, 0.25) is 0 Å². The molecule has 0 aliphatic heterocycles. The van der Waals surface area contributed by atoms with Gasteiger partial charge >= 0.3 is 0 Å². The lowest BCUT2D eigenvalue weighted by Gasteiger charge is -2.08. The Labute approximate surface area is 122 Å². The molecule has 20 heavy (non-hydrogen) atoms. The first-order valence-corrected chi connectivity index (χ1v) is 7.25. The third-order valence-corrected chi connectivity index (χ3v) is 4.01. The van der Waals surface area contributed by atoms with Gasteiger partial charge in [-0.1, -0.05) is 12.1 Å². The third-order valence-electron chi connectivity index (χ3n) is 2.97. The van der Waals surface area contributed by atoms with Crippen molar-refractivity contribution in [3.05, 3.63) is 65.0 Å². The first-order valence-electron chi connectivity index (χ1n) is 6.27. The van der Waals surface area contributed by atoms with Crippen LogP contribution in [-0.2, 0) is 5.75 Å². The molecule has 2 aromatic rings. The predicted molar refractivity (Wildman–Crippen MR) is 79.7 cm³/mol. The highest BCUT2D eigenvalue weighted by atomic mass is 32.2. The van der Waals surface area contributed by atoms with E-state index in [1.807, 2.05) is 31.2 Å². The Balaban J connectivity index is 2.15. The van der Waals surface area contributed by atoms with Gasteiger partial charge in [0, 0.05) is 16.7 Å². The Hall–Kier alpha value is -1.83. The molecule has 0 aliphatic rings. The molecule has 0 aliphatic carbocycles. The van der Waals surface area contributed by atoms with Crippen LogP contribution in [-0.4, -0.2) is 0 Å². The molecule has 1 unspecified atom stereocenters. The van der Waals surface area contributed by atoms with Gasteiger partial charge in [-0.05, 0) is 48.4 Å². The summed E-state index contributed by atoms with van der Waals surface area (Å²) in [4.78, 5) is 1.06. The van der Waals surface area contributed by atoms with E-state index in [0.29, 0.717) is 16.9 Å². The minimum atomic E-state index is -0.316. The molecule has 2 aromatic carbocycles. The van der Waals surface area contributed by atoms with Crippen LogP contribution < -0.4 is 5.73 Å². The largest absolute Gasteiger partial charge is 0.324 e. The SMILES string of the molecule is CC(N)c1cccc(SCc2cc(F)ccc2C#N)c1. The van der Waals surface area contributed by atoms with E-state index in [4.69, 9.17) is 11.0 Å². The molecule has 102 valence electrons. The molecule has 0 fully saturated rings. The molecule has 0 amide bonds. The fourth-order valence-corrected chi connectivity index (χ4v) is 2.79. The van der Waals surface area contributed by atoms with E-state index in [0.717, 1.165) is 10.5 Å². The highest BCUT2D eigenvalue weighted by molar-refractivity contribution is 7.98. The van der Waals surface area contributed by atoms with E-state index in [1.165, 1.54) is 18.2 Å². The van der Waals surface area contributed by atoms with E-state index < -0.39 is 0 Å². The van der Waals surface area contributed by atoms with Gasteiger partial charge in [0.05, 0.1) is 11.6 Å². The Morgan fingerprint density at radius 2 is 2.10 bits per heavy atom. The Kier molecular flexibility index (Phi) is 4.78. The van der Waals surface area contributed by atoms with Crippen LogP contribution in [0.3, 0.4) is 0 Å². The van der Waals surface area contributed by atoms with Crippen molar-refractivity contribution < 1.29 is 4.39 Å². The zero-order chi connectivity index (χ0) is 14.5. The van der Waals surface area contributed by atoms with Gasteiger partial charge in [-0.25, -0.2) is 4.39 Å². The van der Waals surface area contributed by atoms with E-state index >= 15 is 0 Å². The van der Waals surface area contributed by atoms with Crippen molar-refractivity contribution in [1.82, 2.24) is 0 Å². The number of hydrogen-bond acceptors (Lipinski definition) is 3. The van der Waals surface area contributed by atoms with Crippen LogP contribution in [0.15, 0.2) is 47.4 Å². The molecule has 2 N–H and O–H groups in total. The molecule has 4 heteroatoms. The summed E-state index contributed by atoms with van der Waals surface area (Å²) in [5.41, 5.74) is 8.15. The Morgan fingerprint density at radius 1 is 1.30 bits per heavy atom. The molecule has 2 rings (SSSR count). The molecule has 0 radical (unpaired) electrons. The van der Waals surface area contributed by atoms with E-state index in [1.54, 1.807) is 11.8 Å². The van der Waals surface area contributed by atoms with Gasteiger partial charge in [0.15, 0.2) is 0 Å². The fourth-order valence-electron chi connectivity index (χ4n) is 1.84. The normalized spacial score (nSPS) is 11.9. The van der Waals surface area contributed by atoms with Crippen LogP contribution in [0.1, 0.15) is 29.7 Å². The van der Waals surface area contributed by atoms with Crippen LogP contribution >= 0.6 is 11.8 Å². The molecule has 0 aromatic heterocycles. The lowest BCUT2D eigenvalue weighted by atomic mass is 10.1. The molecule has 0 saturated carbocycles. The first-order chi connectivity index (χ1) is 9.60. The van der Waals surface area contributed by atoms with Gasteiger partial charge in [-0.2, -0.15) is 5.26 Å². The second-order valence-electron chi connectivity index (χ2n) is 4.56. The van der Waals surface area contributed by atoms with Crippen molar-refractivity contribution in [3.63, 3.8) is 0 Å². The van der Waals surface area contributed by atoms with E-state index in [2.05, 4.69) is 6.07 Å². The maximum Gasteiger partial charge on any atom is 0.123 e. The van der Waals surface area contributed by atoms with Gasteiger partial charge < -0.3 is 5.73 Å². The molecular weight excluding hydrogens is 271 g/mol. The van der Waals surface area contributed by atoms with Crippen molar-refractivity contribution in [2.45, 2.75) is 23.6 Å². The molecule has 0 bridgehead atoms. The number of nitriles is 1. The van der Waals surface area contributed by atoms with Crippen LogP contribution in [0, 0.1) is 17.1 Å². The first kappa shape index (κ1) is 14.6. The molecule has 0 saturated heterocycles. The number of nitrogens with zero attached hydrogens (tertiary/aromatic N) is 1. The number of benzene rings is 2. The van der Waals surface area contributed by atoms with Crippen molar-refractivity contribution >= 4 is 11.8 Å². The smallest absolute Gasteiger partial charge is 0.123 e. The minimum absolute atomic E-state index is 0.0145. The second-order valence-corrected chi connectivity index (χ2v) is 5.61. The van der Waals surface area contributed by atoms with Crippen LogP contribution in [0.25, 0.3) is 0 Å². The van der Waals surface area contributed by atoms with E-state index in [9.17, 15) is 4.39 Å². The Morgan fingerprint density at radius 3 is 2.80 bits per heavy atom. The lowest BCUT2D eigenvalue weighted by Crippen LogP contribution is -2.04. The quantitative estimate of drug-likeness (QED) is 0.864. The number of nitrogens with two attached hydrogens (primary N) is 1. The zero-order valence-electron chi connectivity index (χ0n) is 11.1. The average Bonchev–Trinajstić information content (AvgIpc) is 2.45. The van der Waals surface area contributed by atoms with Gasteiger partial charge in [-0.3, -0.25) is 0 Å². The van der Waals surface area contributed by atoms with Gasteiger partial charge in [0.25, 0.3) is 0 Å². The van der Waals surface area contributed by atoms with Gasteiger partial charge in [-0.15, -0.1) is 11.8 Å². The van der Waals surface area contributed by atoms with Crippen molar-refractivity contribution in [2.75, 3.05) is 0 Å². The van der Waals surface area contributed by atoms with Crippen molar-refractivity contribution in [3.8, 4) is 6.07 Å². The molecule has 1 atom stereocenters. The summed E-state index contributed by atoms with van der Waals surface area (Å²) in [6.07, 6.45) is 0. The summed E-state index contributed by atoms with van der Waals surface area (Å²) in [5, 5.41) is 9.03. The fraction of sp³-hybridized carbons (Fsp3) is 0.188.